The van der Waals surface area contributed by atoms with Crippen LogP contribution in [-0.2, 0) is 9.59 Å². The number of halogens is 1. The van der Waals surface area contributed by atoms with Gasteiger partial charge in [0.05, 0.1) is 17.9 Å². The van der Waals surface area contributed by atoms with Crippen LogP contribution in [0.2, 0.25) is 5.02 Å². The molecule has 0 atom stereocenters. The summed E-state index contributed by atoms with van der Waals surface area (Å²) in [4.78, 5) is 24.9. The molecule has 0 saturated carbocycles. The molecule has 2 aromatic carbocycles. The maximum absolute atomic E-state index is 12.2. The molecule has 2 aromatic rings. The minimum Gasteiger partial charge on any atom is -0.495 e. The molecule has 0 heterocycles. The Hall–Kier alpha value is -2.18. The molecule has 0 aromatic heterocycles. The summed E-state index contributed by atoms with van der Waals surface area (Å²) >= 11 is 7.46. The molecule has 0 aliphatic carbocycles. The molecule has 2 N–H and O–H groups in total. The Labute approximate surface area is 168 Å². The second kappa shape index (κ2) is 10.8. The van der Waals surface area contributed by atoms with Gasteiger partial charge in [0, 0.05) is 22.7 Å². The molecule has 2 rings (SSSR count). The predicted octanol–water partition coefficient (Wildman–Crippen LogP) is 5.21. The van der Waals surface area contributed by atoms with Crippen molar-refractivity contribution in [2.45, 2.75) is 31.1 Å². The third-order valence-electron chi connectivity index (χ3n) is 3.68. The molecule has 0 aliphatic heterocycles. The Morgan fingerprint density at radius 1 is 1.07 bits per heavy atom. The lowest BCUT2D eigenvalue weighted by Crippen LogP contribution is -2.14. The molecule has 0 aliphatic rings. The van der Waals surface area contributed by atoms with Crippen molar-refractivity contribution in [3.05, 3.63) is 47.5 Å². The zero-order chi connectivity index (χ0) is 19.6. The number of hydrogen-bond acceptors (Lipinski definition) is 4. The molecule has 0 saturated heterocycles. The van der Waals surface area contributed by atoms with Crippen molar-refractivity contribution >= 4 is 46.6 Å². The summed E-state index contributed by atoms with van der Waals surface area (Å²) < 4.78 is 5.09. The highest BCUT2D eigenvalue weighted by molar-refractivity contribution is 8.00. The normalized spacial score (nSPS) is 10.3. The molecule has 0 radical (unpaired) electrons. The summed E-state index contributed by atoms with van der Waals surface area (Å²) in [7, 11) is 1.54. The number of amides is 2. The number of benzene rings is 2. The number of ether oxygens (including phenoxy) is 1. The first kappa shape index (κ1) is 21.1. The van der Waals surface area contributed by atoms with Crippen LogP contribution in [0.3, 0.4) is 0 Å². The van der Waals surface area contributed by atoms with Crippen molar-refractivity contribution in [3.63, 3.8) is 0 Å². The van der Waals surface area contributed by atoms with Crippen molar-refractivity contribution in [1.29, 1.82) is 0 Å². The van der Waals surface area contributed by atoms with Crippen LogP contribution in [-0.4, -0.2) is 24.7 Å². The fourth-order valence-corrected chi connectivity index (χ4v) is 3.33. The molecule has 0 unspecified atom stereocenters. The molecule has 0 fully saturated rings. The highest BCUT2D eigenvalue weighted by Gasteiger charge is 2.08. The quantitative estimate of drug-likeness (QED) is 0.561. The minimum atomic E-state index is -0.140. The van der Waals surface area contributed by atoms with Gasteiger partial charge in [-0.1, -0.05) is 31.0 Å². The van der Waals surface area contributed by atoms with Gasteiger partial charge in [0.1, 0.15) is 5.75 Å². The Balaban J connectivity index is 1.86. The third-order valence-corrected chi connectivity index (χ3v) is 4.97. The van der Waals surface area contributed by atoms with Crippen LogP contribution in [0.4, 0.5) is 11.4 Å². The van der Waals surface area contributed by atoms with Crippen molar-refractivity contribution in [1.82, 2.24) is 0 Å². The van der Waals surface area contributed by atoms with Gasteiger partial charge in [-0.3, -0.25) is 9.59 Å². The van der Waals surface area contributed by atoms with E-state index < -0.39 is 0 Å². The van der Waals surface area contributed by atoms with Gasteiger partial charge in [-0.15, -0.1) is 11.8 Å². The van der Waals surface area contributed by atoms with Crippen molar-refractivity contribution in [3.8, 4) is 5.75 Å². The SMILES string of the molecule is CCCCC(=O)Nc1cccc(SCC(=O)Nc2ccc(OC)c(Cl)c2)c1. The van der Waals surface area contributed by atoms with Crippen LogP contribution in [0.1, 0.15) is 26.2 Å². The number of unbranched alkanes of at least 4 members (excludes halogenated alkanes) is 1. The number of thioether (sulfide) groups is 1. The maximum atomic E-state index is 12.2. The molecule has 144 valence electrons. The van der Waals surface area contributed by atoms with Crippen LogP contribution < -0.4 is 15.4 Å². The molecular weight excluding hydrogens is 384 g/mol. The zero-order valence-electron chi connectivity index (χ0n) is 15.4. The van der Waals surface area contributed by atoms with E-state index in [0.717, 1.165) is 23.4 Å². The average Bonchev–Trinajstić information content (AvgIpc) is 2.65. The zero-order valence-corrected chi connectivity index (χ0v) is 17.0. The summed E-state index contributed by atoms with van der Waals surface area (Å²) in [6.45, 7) is 2.05. The molecule has 2 amide bonds. The first-order chi connectivity index (χ1) is 13.0. The highest BCUT2D eigenvalue weighted by Crippen LogP contribution is 2.27. The van der Waals surface area contributed by atoms with E-state index in [1.54, 1.807) is 18.2 Å². The van der Waals surface area contributed by atoms with Crippen molar-refractivity contribution in [2.75, 3.05) is 23.5 Å². The second-order valence-electron chi connectivity index (χ2n) is 5.87. The minimum absolute atomic E-state index is 0.00753. The van der Waals surface area contributed by atoms with Crippen LogP contribution in [0, 0.1) is 0 Å². The van der Waals surface area contributed by atoms with Crippen LogP contribution in [0.15, 0.2) is 47.4 Å². The molecule has 27 heavy (non-hydrogen) atoms. The number of anilines is 2. The van der Waals surface area contributed by atoms with E-state index in [1.165, 1.54) is 18.9 Å². The number of rotatable bonds is 9. The lowest BCUT2D eigenvalue weighted by molar-refractivity contribution is -0.116. The Morgan fingerprint density at radius 2 is 1.81 bits per heavy atom. The summed E-state index contributed by atoms with van der Waals surface area (Å²) in [6, 6.07) is 12.6. The van der Waals surface area contributed by atoms with Crippen LogP contribution >= 0.6 is 23.4 Å². The number of carbonyl (C=O) groups is 2. The Morgan fingerprint density at radius 3 is 2.52 bits per heavy atom. The van der Waals surface area contributed by atoms with E-state index in [2.05, 4.69) is 17.6 Å². The van der Waals surface area contributed by atoms with Gasteiger partial charge in [0.15, 0.2) is 0 Å². The Kier molecular flexibility index (Phi) is 8.48. The van der Waals surface area contributed by atoms with E-state index in [4.69, 9.17) is 16.3 Å². The fraction of sp³-hybridized carbons (Fsp3) is 0.300. The Bertz CT molecular complexity index is 799. The summed E-state index contributed by atoms with van der Waals surface area (Å²) in [5.41, 5.74) is 1.35. The second-order valence-corrected chi connectivity index (χ2v) is 7.32. The first-order valence-electron chi connectivity index (χ1n) is 8.68. The van der Waals surface area contributed by atoms with E-state index in [0.29, 0.717) is 22.9 Å². The van der Waals surface area contributed by atoms with Crippen LogP contribution in [0.25, 0.3) is 0 Å². The average molecular weight is 407 g/mol. The van der Waals surface area contributed by atoms with Gasteiger partial charge < -0.3 is 15.4 Å². The number of nitrogens with one attached hydrogen (secondary N) is 2. The van der Waals surface area contributed by atoms with Gasteiger partial charge in [-0.05, 0) is 42.8 Å². The van der Waals surface area contributed by atoms with E-state index in [-0.39, 0.29) is 17.6 Å². The molecule has 0 spiro atoms. The topological polar surface area (TPSA) is 67.4 Å². The number of methoxy groups -OCH3 is 1. The van der Waals surface area contributed by atoms with Gasteiger partial charge in [-0.2, -0.15) is 0 Å². The molecular formula is C20H23ClN2O3S. The summed E-state index contributed by atoms with van der Waals surface area (Å²) in [5, 5.41) is 6.13. The maximum Gasteiger partial charge on any atom is 0.234 e. The lowest BCUT2D eigenvalue weighted by Gasteiger charge is -2.09. The van der Waals surface area contributed by atoms with E-state index in [1.807, 2.05) is 24.3 Å². The van der Waals surface area contributed by atoms with Crippen molar-refractivity contribution < 1.29 is 14.3 Å². The smallest absolute Gasteiger partial charge is 0.234 e. The fourth-order valence-electron chi connectivity index (χ4n) is 2.31. The third kappa shape index (κ3) is 7.15. The van der Waals surface area contributed by atoms with E-state index in [9.17, 15) is 9.59 Å². The number of carbonyl (C=O) groups excluding carboxylic acids is 2. The molecule has 7 heteroatoms. The molecule has 0 bridgehead atoms. The van der Waals surface area contributed by atoms with Gasteiger partial charge in [0.25, 0.3) is 0 Å². The highest BCUT2D eigenvalue weighted by atomic mass is 35.5. The van der Waals surface area contributed by atoms with Gasteiger partial charge in [0.2, 0.25) is 11.8 Å². The summed E-state index contributed by atoms with van der Waals surface area (Å²) in [6.07, 6.45) is 2.37. The predicted molar refractivity (Wildman–Crippen MR) is 112 cm³/mol. The standard InChI is InChI=1S/C20H23ClN2O3S/c1-3-4-8-19(24)22-14-6-5-7-16(11-14)27-13-20(25)23-15-9-10-18(26-2)17(21)12-15/h5-7,9-12H,3-4,8,13H2,1-2H3,(H,22,24)(H,23,25). The largest absolute Gasteiger partial charge is 0.495 e. The summed E-state index contributed by atoms with van der Waals surface area (Å²) in [5.74, 6) is 0.672. The van der Waals surface area contributed by atoms with E-state index >= 15 is 0 Å². The monoisotopic (exact) mass is 406 g/mol. The van der Waals surface area contributed by atoms with Crippen molar-refractivity contribution in [2.24, 2.45) is 0 Å². The van der Waals surface area contributed by atoms with Gasteiger partial charge >= 0.3 is 0 Å². The van der Waals surface area contributed by atoms with Crippen LogP contribution in [0.5, 0.6) is 5.75 Å². The van der Waals surface area contributed by atoms with Gasteiger partial charge in [-0.25, -0.2) is 0 Å². The first-order valence-corrected chi connectivity index (χ1v) is 10.0. The number of hydrogen-bond donors (Lipinski definition) is 2. The molecule has 5 nitrogen and oxygen atoms in total. The lowest BCUT2D eigenvalue weighted by atomic mass is 10.2.